The number of rotatable bonds is 2. The van der Waals surface area contributed by atoms with E-state index in [-0.39, 0.29) is 5.69 Å². The van der Waals surface area contributed by atoms with Gasteiger partial charge in [-0.05, 0) is 24.3 Å². The maximum Gasteiger partial charge on any atom is 0.267 e. The van der Waals surface area contributed by atoms with Crippen LogP contribution in [0.4, 0.5) is 5.69 Å². The van der Waals surface area contributed by atoms with Crippen LogP contribution in [0.5, 0.6) is 0 Å². The SMILES string of the molecule is NC(=O)c1ccc(N)c(-n2cnc3ccccc32)n1. The van der Waals surface area contributed by atoms with E-state index in [1.165, 1.54) is 6.07 Å². The van der Waals surface area contributed by atoms with Gasteiger partial charge >= 0.3 is 0 Å². The normalized spacial score (nSPS) is 10.7. The quantitative estimate of drug-likeness (QED) is 0.714. The van der Waals surface area contributed by atoms with E-state index in [4.69, 9.17) is 11.5 Å². The Morgan fingerprint density at radius 2 is 1.95 bits per heavy atom. The molecule has 2 heterocycles. The third kappa shape index (κ3) is 1.79. The Bertz CT molecular complexity index is 778. The second-order valence-electron chi connectivity index (χ2n) is 4.08. The van der Waals surface area contributed by atoms with Crippen LogP contribution in [0.15, 0.2) is 42.7 Å². The lowest BCUT2D eigenvalue weighted by Gasteiger charge is -2.07. The standard InChI is InChI=1S/C13H11N5O/c14-8-5-6-10(12(15)19)17-13(8)18-7-16-9-3-1-2-4-11(9)18/h1-7H,14H2,(H2,15,19). The van der Waals surface area contributed by atoms with Crippen LogP contribution < -0.4 is 11.5 Å². The lowest BCUT2D eigenvalue weighted by Crippen LogP contribution is -2.15. The van der Waals surface area contributed by atoms with E-state index in [1.54, 1.807) is 17.0 Å². The monoisotopic (exact) mass is 253 g/mol. The number of nitrogens with zero attached hydrogens (tertiary/aromatic N) is 3. The van der Waals surface area contributed by atoms with E-state index in [2.05, 4.69) is 9.97 Å². The fourth-order valence-corrected chi connectivity index (χ4v) is 1.92. The Hall–Kier alpha value is -2.89. The molecule has 0 spiro atoms. The van der Waals surface area contributed by atoms with E-state index in [0.717, 1.165) is 11.0 Å². The molecule has 3 rings (SSSR count). The molecule has 0 aliphatic carbocycles. The topological polar surface area (TPSA) is 99.8 Å². The Morgan fingerprint density at radius 3 is 2.74 bits per heavy atom. The third-order valence-electron chi connectivity index (χ3n) is 2.84. The van der Waals surface area contributed by atoms with Crippen molar-refractivity contribution in [3.8, 4) is 5.82 Å². The zero-order valence-corrected chi connectivity index (χ0v) is 9.95. The van der Waals surface area contributed by atoms with Crippen molar-refractivity contribution in [3.63, 3.8) is 0 Å². The molecule has 0 saturated heterocycles. The number of benzene rings is 1. The van der Waals surface area contributed by atoms with Crippen LogP contribution in [0.1, 0.15) is 10.5 Å². The van der Waals surface area contributed by atoms with E-state index < -0.39 is 5.91 Å². The van der Waals surface area contributed by atoms with Crippen LogP contribution in [0, 0.1) is 0 Å². The summed E-state index contributed by atoms with van der Waals surface area (Å²) in [6.07, 6.45) is 1.62. The molecule has 6 nitrogen and oxygen atoms in total. The first-order chi connectivity index (χ1) is 9.16. The predicted molar refractivity (Wildman–Crippen MR) is 71.8 cm³/mol. The number of carbonyl (C=O) groups is 1. The maximum absolute atomic E-state index is 11.2. The smallest absolute Gasteiger partial charge is 0.267 e. The number of hydrogen-bond donors (Lipinski definition) is 2. The fourth-order valence-electron chi connectivity index (χ4n) is 1.92. The number of fused-ring (bicyclic) bond motifs is 1. The summed E-state index contributed by atoms with van der Waals surface area (Å²) in [4.78, 5) is 19.6. The molecule has 19 heavy (non-hydrogen) atoms. The molecule has 0 saturated carbocycles. The minimum absolute atomic E-state index is 0.169. The Morgan fingerprint density at radius 1 is 1.16 bits per heavy atom. The molecule has 0 bridgehead atoms. The second kappa shape index (κ2) is 4.09. The predicted octanol–water partition coefficient (Wildman–Crippen LogP) is 1.10. The van der Waals surface area contributed by atoms with Gasteiger partial charge in [-0.2, -0.15) is 0 Å². The molecule has 3 aromatic rings. The number of carbonyl (C=O) groups excluding carboxylic acids is 1. The van der Waals surface area contributed by atoms with Crippen molar-refractivity contribution in [1.82, 2.24) is 14.5 Å². The van der Waals surface area contributed by atoms with Crippen molar-refractivity contribution in [2.24, 2.45) is 5.73 Å². The van der Waals surface area contributed by atoms with Crippen LogP contribution in [-0.2, 0) is 0 Å². The van der Waals surface area contributed by atoms with Gasteiger partial charge in [0.15, 0.2) is 5.82 Å². The Balaban J connectivity index is 2.26. The third-order valence-corrected chi connectivity index (χ3v) is 2.84. The molecule has 0 atom stereocenters. The van der Waals surface area contributed by atoms with E-state index in [9.17, 15) is 4.79 Å². The number of nitrogen functional groups attached to an aromatic ring is 1. The summed E-state index contributed by atoms with van der Waals surface area (Å²) in [6.45, 7) is 0. The molecule has 0 aliphatic heterocycles. The number of para-hydroxylation sites is 2. The summed E-state index contributed by atoms with van der Waals surface area (Å²) in [5.74, 6) is -0.143. The zero-order chi connectivity index (χ0) is 13.4. The number of hydrogen-bond acceptors (Lipinski definition) is 4. The van der Waals surface area contributed by atoms with E-state index >= 15 is 0 Å². The first-order valence-corrected chi connectivity index (χ1v) is 5.65. The van der Waals surface area contributed by atoms with Crippen molar-refractivity contribution >= 4 is 22.6 Å². The summed E-state index contributed by atoms with van der Waals surface area (Å²) in [5.41, 5.74) is 13.5. The number of imidazole rings is 1. The first kappa shape index (κ1) is 11.2. The lowest BCUT2D eigenvalue weighted by atomic mass is 10.3. The fraction of sp³-hybridized carbons (Fsp3) is 0. The molecule has 1 aromatic carbocycles. The number of primary amides is 1. The molecule has 0 aliphatic rings. The van der Waals surface area contributed by atoms with Gasteiger partial charge in [-0.3, -0.25) is 9.36 Å². The van der Waals surface area contributed by atoms with Crippen LogP contribution in [0.25, 0.3) is 16.9 Å². The highest BCUT2D eigenvalue weighted by Gasteiger charge is 2.11. The Labute approximate surface area is 108 Å². The van der Waals surface area contributed by atoms with Crippen molar-refractivity contribution < 1.29 is 4.79 Å². The summed E-state index contributed by atoms with van der Waals surface area (Å²) >= 11 is 0. The second-order valence-corrected chi connectivity index (χ2v) is 4.08. The lowest BCUT2D eigenvalue weighted by molar-refractivity contribution is 0.0995. The van der Waals surface area contributed by atoms with E-state index in [1.807, 2.05) is 24.3 Å². The van der Waals surface area contributed by atoms with Gasteiger partial charge < -0.3 is 11.5 Å². The summed E-state index contributed by atoms with van der Waals surface area (Å²) < 4.78 is 1.73. The molecule has 94 valence electrons. The molecular weight excluding hydrogens is 242 g/mol. The largest absolute Gasteiger partial charge is 0.396 e. The molecular formula is C13H11N5O. The highest BCUT2D eigenvalue weighted by atomic mass is 16.1. The minimum Gasteiger partial charge on any atom is -0.396 e. The van der Waals surface area contributed by atoms with Crippen molar-refractivity contribution in [1.29, 1.82) is 0 Å². The van der Waals surface area contributed by atoms with Crippen LogP contribution >= 0.6 is 0 Å². The van der Waals surface area contributed by atoms with Crippen LogP contribution in [0.3, 0.4) is 0 Å². The van der Waals surface area contributed by atoms with Crippen molar-refractivity contribution in [2.75, 3.05) is 5.73 Å². The van der Waals surface area contributed by atoms with Gasteiger partial charge in [-0.15, -0.1) is 0 Å². The zero-order valence-electron chi connectivity index (χ0n) is 9.95. The van der Waals surface area contributed by atoms with Gasteiger partial charge in [-0.1, -0.05) is 12.1 Å². The van der Waals surface area contributed by atoms with Gasteiger partial charge in [0, 0.05) is 0 Å². The summed E-state index contributed by atoms with van der Waals surface area (Å²) in [5, 5.41) is 0. The van der Waals surface area contributed by atoms with Gasteiger partial charge in [0.1, 0.15) is 12.0 Å². The number of aromatic nitrogens is 3. The van der Waals surface area contributed by atoms with Gasteiger partial charge in [-0.25, -0.2) is 9.97 Å². The van der Waals surface area contributed by atoms with Crippen LogP contribution in [0.2, 0.25) is 0 Å². The molecule has 1 amide bonds. The van der Waals surface area contributed by atoms with Gasteiger partial charge in [0.05, 0.1) is 16.7 Å². The van der Waals surface area contributed by atoms with E-state index in [0.29, 0.717) is 11.5 Å². The average molecular weight is 253 g/mol. The molecule has 0 unspecified atom stereocenters. The number of anilines is 1. The van der Waals surface area contributed by atoms with Crippen molar-refractivity contribution in [3.05, 3.63) is 48.4 Å². The Kier molecular flexibility index (Phi) is 2.42. The maximum atomic E-state index is 11.2. The number of amides is 1. The summed E-state index contributed by atoms with van der Waals surface area (Å²) in [6, 6.07) is 10.7. The molecule has 2 aromatic heterocycles. The van der Waals surface area contributed by atoms with Gasteiger partial charge in [0.25, 0.3) is 5.91 Å². The number of nitrogens with two attached hydrogens (primary N) is 2. The molecule has 0 radical (unpaired) electrons. The number of pyridine rings is 1. The molecule has 6 heteroatoms. The highest BCUT2D eigenvalue weighted by molar-refractivity contribution is 5.91. The first-order valence-electron chi connectivity index (χ1n) is 5.65. The van der Waals surface area contributed by atoms with Gasteiger partial charge in [0.2, 0.25) is 0 Å². The van der Waals surface area contributed by atoms with Crippen molar-refractivity contribution in [2.45, 2.75) is 0 Å². The summed E-state index contributed by atoms with van der Waals surface area (Å²) in [7, 11) is 0. The highest BCUT2D eigenvalue weighted by Crippen LogP contribution is 2.21. The van der Waals surface area contributed by atoms with Crippen LogP contribution in [-0.4, -0.2) is 20.4 Å². The molecule has 0 fully saturated rings. The molecule has 4 N–H and O–H groups in total. The minimum atomic E-state index is -0.592. The average Bonchev–Trinajstić information content (AvgIpc) is 2.83.